The summed E-state index contributed by atoms with van der Waals surface area (Å²) in [7, 11) is 0. The van der Waals surface area contributed by atoms with Gasteiger partial charge in [-0.2, -0.15) is 0 Å². The first-order chi connectivity index (χ1) is 10.3. The number of aromatic amines is 1. The quantitative estimate of drug-likeness (QED) is 0.769. The van der Waals surface area contributed by atoms with Gasteiger partial charge >= 0.3 is 0 Å². The summed E-state index contributed by atoms with van der Waals surface area (Å²) >= 11 is 0. The first-order valence-corrected chi connectivity index (χ1v) is 7.28. The van der Waals surface area contributed by atoms with E-state index in [1.807, 2.05) is 35.4 Å². The van der Waals surface area contributed by atoms with E-state index < -0.39 is 0 Å². The highest BCUT2D eigenvalue weighted by Gasteiger charge is 2.20. The van der Waals surface area contributed by atoms with E-state index in [9.17, 15) is 4.79 Å². The molecule has 3 heterocycles. The lowest BCUT2D eigenvalue weighted by Gasteiger charge is -2.28. The van der Waals surface area contributed by atoms with Gasteiger partial charge in [-0.1, -0.05) is 18.2 Å². The van der Waals surface area contributed by atoms with E-state index >= 15 is 0 Å². The third kappa shape index (κ3) is 2.13. The Hall–Kier alpha value is -2.49. The largest absolute Gasteiger partial charge is 0.361 e. The smallest absolute Gasteiger partial charge is 0.227 e. The monoisotopic (exact) mass is 279 g/mol. The van der Waals surface area contributed by atoms with E-state index in [4.69, 9.17) is 0 Å². The summed E-state index contributed by atoms with van der Waals surface area (Å²) in [5, 5.41) is 1.14. The molecule has 0 unspecified atom stereocenters. The van der Waals surface area contributed by atoms with Crippen molar-refractivity contribution in [2.75, 3.05) is 6.54 Å². The molecule has 106 valence electrons. The molecule has 1 aromatic carbocycles. The van der Waals surface area contributed by atoms with Crippen LogP contribution in [0.2, 0.25) is 0 Å². The van der Waals surface area contributed by atoms with Crippen LogP contribution >= 0.6 is 0 Å². The van der Waals surface area contributed by atoms with Crippen molar-refractivity contribution in [3.05, 3.63) is 60.0 Å². The van der Waals surface area contributed by atoms with Gasteiger partial charge in [0, 0.05) is 42.1 Å². The van der Waals surface area contributed by atoms with Crippen LogP contribution in [-0.4, -0.2) is 26.9 Å². The third-order valence-corrected chi connectivity index (χ3v) is 4.26. The zero-order valence-electron chi connectivity index (χ0n) is 11.7. The van der Waals surface area contributed by atoms with E-state index in [1.165, 1.54) is 5.69 Å². The van der Waals surface area contributed by atoms with Gasteiger partial charge in [0.1, 0.15) is 0 Å². The summed E-state index contributed by atoms with van der Waals surface area (Å²) in [6.07, 6.45) is 4.50. The number of para-hydroxylation sites is 1. The number of amides is 1. The summed E-state index contributed by atoms with van der Waals surface area (Å²) in [5.74, 6) is 0.201. The van der Waals surface area contributed by atoms with Gasteiger partial charge in [-0.15, -0.1) is 0 Å². The molecule has 0 aliphatic carbocycles. The van der Waals surface area contributed by atoms with E-state index in [1.54, 1.807) is 0 Å². The molecule has 4 rings (SSSR count). The van der Waals surface area contributed by atoms with Crippen LogP contribution in [0.15, 0.2) is 48.8 Å². The minimum atomic E-state index is 0.201. The van der Waals surface area contributed by atoms with Gasteiger partial charge in [-0.05, 0) is 23.8 Å². The number of rotatable bonds is 2. The molecular formula is C17H17N3O. The molecule has 1 amide bonds. The Morgan fingerprint density at radius 1 is 1.14 bits per heavy atom. The fourth-order valence-electron chi connectivity index (χ4n) is 3.08. The van der Waals surface area contributed by atoms with E-state index in [-0.39, 0.29) is 5.91 Å². The molecule has 3 aromatic rings. The number of aromatic nitrogens is 2. The van der Waals surface area contributed by atoms with Crippen molar-refractivity contribution < 1.29 is 4.79 Å². The SMILES string of the molecule is O=C(Cc1c[nH]c2ccccc12)N1CCn2cccc2C1. The van der Waals surface area contributed by atoms with Crippen LogP contribution in [0.5, 0.6) is 0 Å². The number of hydrogen-bond acceptors (Lipinski definition) is 1. The lowest BCUT2D eigenvalue weighted by atomic mass is 10.1. The standard InChI is InChI=1S/C17H17N3O/c21-17(20-9-8-19-7-3-4-14(19)12-20)10-13-11-18-16-6-2-1-5-15(13)16/h1-7,11,18H,8-10,12H2. The molecule has 0 saturated heterocycles. The first-order valence-electron chi connectivity index (χ1n) is 7.28. The van der Waals surface area contributed by atoms with E-state index in [0.29, 0.717) is 13.0 Å². The second-order valence-electron chi connectivity index (χ2n) is 5.54. The van der Waals surface area contributed by atoms with Gasteiger partial charge in [0.2, 0.25) is 5.91 Å². The molecule has 2 aromatic heterocycles. The molecule has 1 N–H and O–H groups in total. The normalized spacial score (nSPS) is 14.4. The van der Waals surface area contributed by atoms with Crippen LogP contribution in [-0.2, 0) is 24.3 Å². The van der Waals surface area contributed by atoms with Crippen LogP contribution < -0.4 is 0 Å². The van der Waals surface area contributed by atoms with Crippen molar-refractivity contribution in [3.8, 4) is 0 Å². The number of nitrogens with one attached hydrogen (secondary N) is 1. The topological polar surface area (TPSA) is 41.0 Å². The second kappa shape index (κ2) is 4.81. The van der Waals surface area contributed by atoms with E-state index in [2.05, 4.69) is 27.9 Å². The lowest BCUT2D eigenvalue weighted by Crippen LogP contribution is -2.38. The Morgan fingerprint density at radius 3 is 3.00 bits per heavy atom. The molecule has 0 spiro atoms. The van der Waals surface area contributed by atoms with Gasteiger partial charge in [0.05, 0.1) is 13.0 Å². The van der Waals surface area contributed by atoms with Crippen molar-refractivity contribution in [2.24, 2.45) is 0 Å². The average Bonchev–Trinajstić information content (AvgIpc) is 3.13. The number of H-pyrrole nitrogens is 1. The fourth-order valence-corrected chi connectivity index (χ4v) is 3.08. The van der Waals surface area contributed by atoms with Crippen LogP contribution in [0.3, 0.4) is 0 Å². The number of carbonyl (C=O) groups is 1. The Labute approximate surface area is 123 Å². The van der Waals surface area contributed by atoms with Crippen molar-refractivity contribution in [3.63, 3.8) is 0 Å². The van der Waals surface area contributed by atoms with Crippen LogP contribution in [0.4, 0.5) is 0 Å². The molecule has 1 aliphatic rings. The Bertz CT molecular complexity index is 799. The third-order valence-electron chi connectivity index (χ3n) is 4.26. The van der Waals surface area contributed by atoms with Crippen molar-refractivity contribution in [1.29, 1.82) is 0 Å². The van der Waals surface area contributed by atoms with Crippen LogP contribution in [0.1, 0.15) is 11.3 Å². The zero-order valence-corrected chi connectivity index (χ0v) is 11.7. The fraction of sp³-hybridized carbons (Fsp3) is 0.235. The molecule has 1 aliphatic heterocycles. The van der Waals surface area contributed by atoms with Crippen molar-refractivity contribution in [2.45, 2.75) is 19.5 Å². The highest BCUT2D eigenvalue weighted by Crippen LogP contribution is 2.20. The van der Waals surface area contributed by atoms with Gasteiger partial charge in [-0.25, -0.2) is 0 Å². The molecule has 0 atom stereocenters. The summed E-state index contributed by atoms with van der Waals surface area (Å²) in [4.78, 5) is 17.7. The molecule has 0 fully saturated rings. The maximum Gasteiger partial charge on any atom is 0.227 e. The summed E-state index contributed by atoms with van der Waals surface area (Å²) in [6, 6.07) is 12.3. The van der Waals surface area contributed by atoms with Gasteiger partial charge in [0.15, 0.2) is 0 Å². The van der Waals surface area contributed by atoms with Crippen molar-refractivity contribution >= 4 is 16.8 Å². The van der Waals surface area contributed by atoms with Crippen molar-refractivity contribution in [1.82, 2.24) is 14.5 Å². The minimum absolute atomic E-state index is 0.201. The highest BCUT2D eigenvalue weighted by atomic mass is 16.2. The average molecular weight is 279 g/mol. The van der Waals surface area contributed by atoms with Crippen LogP contribution in [0.25, 0.3) is 10.9 Å². The number of carbonyl (C=O) groups excluding carboxylic acids is 1. The maximum absolute atomic E-state index is 12.5. The predicted octanol–water partition coefficient (Wildman–Crippen LogP) is 2.55. The van der Waals surface area contributed by atoms with E-state index in [0.717, 1.165) is 29.6 Å². The summed E-state index contributed by atoms with van der Waals surface area (Å²) < 4.78 is 2.22. The first kappa shape index (κ1) is 12.3. The summed E-state index contributed by atoms with van der Waals surface area (Å²) in [5.41, 5.74) is 3.39. The van der Waals surface area contributed by atoms with Crippen LogP contribution in [0, 0.1) is 0 Å². The van der Waals surface area contributed by atoms with Gasteiger partial charge < -0.3 is 14.5 Å². The predicted molar refractivity (Wildman–Crippen MR) is 81.9 cm³/mol. The molecule has 0 saturated carbocycles. The number of nitrogens with zero attached hydrogens (tertiary/aromatic N) is 2. The molecule has 21 heavy (non-hydrogen) atoms. The molecular weight excluding hydrogens is 262 g/mol. The number of fused-ring (bicyclic) bond motifs is 2. The maximum atomic E-state index is 12.5. The molecule has 0 bridgehead atoms. The molecule has 4 heteroatoms. The number of benzene rings is 1. The Morgan fingerprint density at radius 2 is 2.05 bits per heavy atom. The lowest BCUT2D eigenvalue weighted by molar-refractivity contribution is -0.131. The second-order valence-corrected chi connectivity index (χ2v) is 5.54. The Kier molecular flexibility index (Phi) is 2.81. The zero-order chi connectivity index (χ0) is 14.2. The number of hydrogen-bond donors (Lipinski definition) is 1. The van der Waals surface area contributed by atoms with Gasteiger partial charge in [-0.3, -0.25) is 4.79 Å². The minimum Gasteiger partial charge on any atom is -0.361 e. The molecule has 0 radical (unpaired) electrons. The highest BCUT2D eigenvalue weighted by molar-refractivity contribution is 5.88. The van der Waals surface area contributed by atoms with Gasteiger partial charge in [0.25, 0.3) is 0 Å². The summed E-state index contributed by atoms with van der Waals surface area (Å²) in [6.45, 7) is 2.40. The Balaban J connectivity index is 1.54. The molecule has 4 nitrogen and oxygen atoms in total.